The number of anilines is 1. The molecule has 4 rings (SSSR count). The van der Waals surface area contributed by atoms with Gasteiger partial charge in [-0.1, -0.05) is 23.7 Å². The minimum Gasteiger partial charge on any atom is -0.366 e. The van der Waals surface area contributed by atoms with Crippen LogP contribution in [0.4, 0.5) is 10.2 Å². The van der Waals surface area contributed by atoms with Gasteiger partial charge in [-0.25, -0.2) is 4.39 Å². The molecule has 0 bridgehead atoms. The Labute approximate surface area is 137 Å². The number of benzene rings is 2. The highest BCUT2D eigenvalue weighted by Crippen LogP contribution is 2.37. The maximum absolute atomic E-state index is 13.4. The van der Waals surface area contributed by atoms with Gasteiger partial charge in [-0.05, 0) is 53.8 Å². The molecule has 0 unspecified atom stereocenters. The highest BCUT2D eigenvalue weighted by Gasteiger charge is 2.16. The van der Waals surface area contributed by atoms with Crippen LogP contribution < -0.4 is 5.32 Å². The van der Waals surface area contributed by atoms with Crippen molar-refractivity contribution in [2.75, 3.05) is 5.32 Å². The lowest BCUT2D eigenvalue weighted by molar-refractivity contribution is 0.630. The van der Waals surface area contributed by atoms with Gasteiger partial charge in [-0.3, -0.25) is 10.2 Å². The second kappa shape index (κ2) is 5.32. The lowest BCUT2D eigenvalue weighted by Gasteiger charge is -2.06. The minimum atomic E-state index is -0.224. The summed E-state index contributed by atoms with van der Waals surface area (Å²) in [6, 6.07) is 12.8. The maximum atomic E-state index is 13.4. The molecule has 0 saturated heterocycles. The van der Waals surface area contributed by atoms with Crippen molar-refractivity contribution in [1.82, 2.24) is 10.2 Å². The summed E-state index contributed by atoms with van der Waals surface area (Å²) in [5.74, 6) is 0.659. The average Bonchev–Trinajstić information content (AvgIpc) is 3.07. The van der Waals surface area contributed by atoms with Crippen molar-refractivity contribution >= 4 is 28.2 Å². The smallest absolute Gasteiger partial charge is 0.127 e. The van der Waals surface area contributed by atoms with E-state index in [0.717, 1.165) is 44.0 Å². The van der Waals surface area contributed by atoms with Gasteiger partial charge < -0.3 is 5.32 Å². The van der Waals surface area contributed by atoms with E-state index < -0.39 is 0 Å². The second-order valence-electron chi connectivity index (χ2n) is 5.73. The molecule has 23 heavy (non-hydrogen) atoms. The Morgan fingerprint density at radius 1 is 1.09 bits per heavy atom. The minimum absolute atomic E-state index is 0.224. The first-order valence-electron chi connectivity index (χ1n) is 7.39. The van der Waals surface area contributed by atoms with Crippen LogP contribution in [0.15, 0.2) is 42.5 Å². The van der Waals surface area contributed by atoms with Crippen molar-refractivity contribution in [3.8, 4) is 11.3 Å². The molecule has 1 heterocycles. The number of H-pyrrole nitrogens is 2. The van der Waals surface area contributed by atoms with Gasteiger partial charge in [0.15, 0.2) is 0 Å². The van der Waals surface area contributed by atoms with Crippen molar-refractivity contribution in [3.63, 3.8) is 0 Å². The number of halogens is 2. The molecule has 2 aromatic rings. The van der Waals surface area contributed by atoms with Crippen LogP contribution in [0.3, 0.4) is 0 Å². The lowest BCUT2D eigenvalue weighted by Crippen LogP contribution is -2.00. The first-order valence-corrected chi connectivity index (χ1v) is 7.77. The zero-order valence-corrected chi connectivity index (χ0v) is 13.3. The molecule has 1 aliphatic carbocycles. The third-order valence-electron chi connectivity index (χ3n) is 4.14. The van der Waals surface area contributed by atoms with E-state index in [1.165, 1.54) is 6.07 Å². The second-order valence-corrected chi connectivity index (χ2v) is 6.13. The molecule has 2 aliphatic rings. The van der Waals surface area contributed by atoms with Gasteiger partial charge in [0.25, 0.3) is 0 Å². The normalized spacial score (nSPS) is 11.4. The van der Waals surface area contributed by atoms with Crippen molar-refractivity contribution in [3.05, 3.63) is 64.4 Å². The number of hydrogen-bond acceptors (Lipinski definition) is 1. The summed E-state index contributed by atoms with van der Waals surface area (Å²) < 4.78 is 13.4. The number of aromatic nitrogens is 2. The first-order chi connectivity index (χ1) is 11.1. The molecule has 0 fully saturated rings. The molecule has 3 nitrogen and oxygen atoms in total. The fourth-order valence-electron chi connectivity index (χ4n) is 2.85. The van der Waals surface area contributed by atoms with E-state index in [2.05, 4.69) is 21.6 Å². The molecular formula is C18H15ClFN3. The van der Waals surface area contributed by atoms with Gasteiger partial charge in [-0.2, -0.15) is 0 Å². The maximum Gasteiger partial charge on any atom is 0.127 e. The van der Waals surface area contributed by atoms with E-state index in [4.69, 9.17) is 11.6 Å². The average molecular weight is 328 g/mol. The van der Waals surface area contributed by atoms with Crippen molar-refractivity contribution in [2.24, 2.45) is 0 Å². The number of aromatic amines is 2. The van der Waals surface area contributed by atoms with E-state index in [9.17, 15) is 4.39 Å². The van der Waals surface area contributed by atoms with Crippen molar-refractivity contribution in [2.45, 2.75) is 13.5 Å². The van der Waals surface area contributed by atoms with E-state index >= 15 is 0 Å². The van der Waals surface area contributed by atoms with Gasteiger partial charge in [0, 0.05) is 22.5 Å². The fourth-order valence-corrected chi connectivity index (χ4v) is 3.06. The van der Waals surface area contributed by atoms with Gasteiger partial charge in [0.05, 0.1) is 5.69 Å². The molecule has 2 aromatic carbocycles. The number of fused-ring (bicyclic) bond motifs is 3. The van der Waals surface area contributed by atoms with E-state index in [1.807, 2.05) is 25.1 Å². The summed E-state index contributed by atoms with van der Waals surface area (Å²) in [5, 5.41) is 12.3. The zero-order chi connectivity index (χ0) is 16.0. The monoisotopic (exact) mass is 327 g/mol. The van der Waals surface area contributed by atoms with Crippen molar-refractivity contribution in [1.29, 1.82) is 0 Å². The molecule has 1 aliphatic heterocycles. The highest BCUT2D eigenvalue weighted by atomic mass is 35.5. The van der Waals surface area contributed by atoms with Gasteiger partial charge in [0.2, 0.25) is 0 Å². The number of rotatable bonds is 3. The van der Waals surface area contributed by atoms with Gasteiger partial charge in [0.1, 0.15) is 11.6 Å². The molecule has 0 radical (unpaired) electrons. The summed E-state index contributed by atoms with van der Waals surface area (Å²) in [4.78, 5) is 0. The Morgan fingerprint density at radius 2 is 1.96 bits per heavy atom. The Bertz CT molecular complexity index is 970. The van der Waals surface area contributed by atoms with E-state index in [1.54, 1.807) is 12.1 Å². The van der Waals surface area contributed by atoms with Crippen LogP contribution in [0.25, 0.3) is 22.0 Å². The Hall–Kier alpha value is -2.46. The van der Waals surface area contributed by atoms with Crippen LogP contribution in [0.1, 0.15) is 11.1 Å². The fraction of sp³-hybridized carbons (Fsp3) is 0.111. The number of nitrogens with one attached hydrogen (secondary N) is 3. The predicted molar refractivity (Wildman–Crippen MR) is 92.7 cm³/mol. The lowest BCUT2D eigenvalue weighted by atomic mass is 10.1. The van der Waals surface area contributed by atoms with Gasteiger partial charge >= 0.3 is 0 Å². The summed E-state index contributed by atoms with van der Waals surface area (Å²) in [5.41, 5.74) is 4.16. The van der Waals surface area contributed by atoms with Crippen LogP contribution in [0.2, 0.25) is 5.02 Å². The van der Waals surface area contributed by atoms with Crippen LogP contribution in [0, 0.1) is 12.7 Å². The SMILES string of the molecule is Cc1ccc(CNc2[nH][nH]c3c4ccc(F)cc4cc2-3)cc1Cl. The molecule has 3 N–H and O–H groups in total. The highest BCUT2D eigenvalue weighted by molar-refractivity contribution is 6.31. The molecular weight excluding hydrogens is 313 g/mol. The molecule has 0 saturated carbocycles. The topological polar surface area (TPSA) is 43.6 Å². The van der Waals surface area contributed by atoms with Crippen LogP contribution in [-0.4, -0.2) is 10.2 Å². The van der Waals surface area contributed by atoms with E-state index in [0.29, 0.717) is 6.54 Å². The first kappa shape index (κ1) is 14.2. The Balaban J connectivity index is 1.63. The van der Waals surface area contributed by atoms with Crippen LogP contribution in [-0.2, 0) is 6.54 Å². The van der Waals surface area contributed by atoms with E-state index in [-0.39, 0.29) is 5.82 Å². The van der Waals surface area contributed by atoms with Crippen LogP contribution in [0.5, 0.6) is 0 Å². The third-order valence-corrected chi connectivity index (χ3v) is 4.55. The molecule has 116 valence electrons. The molecule has 0 atom stereocenters. The zero-order valence-electron chi connectivity index (χ0n) is 12.5. The Kier molecular flexibility index (Phi) is 3.27. The largest absolute Gasteiger partial charge is 0.366 e. The molecule has 5 heteroatoms. The quantitative estimate of drug-likeness (QED) is 0.469. The summed E-state index contributed by atoms with van der Waals surface area (Å²) >= 11 is 6.16. The van der Waals surface area contributed by atoms with Crippen molar-refractivity contribution < 1.29 is 4.39 Å². The van der Waals surface area contributed by atoms with Gasteiger partial charge in [-0.15, -0.1) is 0 Å². The van der Waals surface area contributed by atoms with Crippen LogP contribution >= 0.6 is 11.6 Å². The predicted octanol–water partition coefficient (Wildman–Crippen LogP) is 5.31. The molecule has 0 spiro atoms. The summed E-state index contributed by atoms with van der Waals surface area (Å²) in [6.07, 6.45) is 0. The molecule has 0 amide bonds. The standard InChI is InChI=1S/C18H15ClFN3/c1-10-2-3-11(6-16(10)19)9-21-18-15-8-12-7-13(20)4-5-14(12)17(15)22-23-18/h2-8,21-23H,9H2,1H3. The third kappa shape index (κ3) is 2.45. The summed E-state index contributed by atoms with van der Waals surface area (Å²) in [7, 11) is 0. The number of aryl methyl sites for hydroxylation is 1. The number of hydrogen-bond donors (Lipinski definition) is 3. The summed E-state index contributed by atoms with van der Waals surface area (Å²) in [6.45, 7) is 2.64. The Morgan fingerprint density at radius 3 is 2.78 bits per heavy atom. The molecule has 0 aromatic heterocycles.